The summed E-state index contributed by atoms with van der Waals surface area (Å²) in [4.78, 5) is 23.2. The quantitative estimate of drug-likeness (QED) is 0.480. The van der Waals surface area contributed by atoms with Gasteiger partial charge in [0, 0.05) is 12.3 Å². The van der Waals surface area contributed by atoms with Gasteiger partial charge < -0.3 is 9.47 Å². The van der Waals surface area contributed by atoms with Gasteiger partial charge in [-0.1, -0.05) is 40.2 Å². The maximum atomic E-state index is 12.1. The monoisotopic (exact) mass is 348 g/mol. The van der Waals surface area contributed by atoms with Crippen molar-refractivity contribution >= 4 is 27.9 Å². The molecule has 0 fully saturated rings. The topological polar surface area (TPSA) is 52.6 Å². The first-order valence-electron chi connectivity index (χ1n) is 6.24. The summed E-state index contributed by atoms with van der Waals surface area (Å²) < 4.78 is 10.3. The van der Waals surface area contributed by atoms with E-state index in [0.29, 0.717) is 5.75 Å². The zero-order valence-corrected chi connectivity index (χ0v) is 12.9. The van der Waals surface area contributed by atoms with Crippen molar-refractivity contribution in [1.82, 2.24) is 0 Å². The fraction of sp³-hybridized carbons (Fsp3) is 0.125. The molecule has 0 unspecified atom stereocenters. The van der Waals surface area contributed by atoms with Crippen molar-refractivity contribution in [3.8, 4) is 11.5 Å². The number of para-hydroxylation sites is 1. The molecule has 0 N–H and O–H groups in total. The van der Waals surface area contributed by atoms with Crippen molar-refractivity contribution in [2.45, 2.75) is 12.3 Å². The number of ether oxygens (including phenoxy) is 2. The van der Waals surface area contributed by atoms with Gasteiger partial charge in [-0.05, 0) is 29.8 Å². The van der Waals surface area contributed by atoms with E-state index in [0.717, 1.165) is 10.9 Å². The van der Waals surface area contributed by atoms with Crippen LogP contribution in [0.1, 0.15) is 22.8 Å². The van der Waals surface area contributed by atoms with E-state index in [9.17, 15) is 9.59 Å². The van der Waals surface area contributed by atoms with Gasteiger partial charge >= 0.3 is 11.9 Å². The third-order valence-electron chi connectivity index (χ3n) is 2.65. The van der Waals surface area contributed by atoms with Crippen LogP contribution in [0.2, 0.25) is 0 Å². The molecule has 0 bridgehead atoms. The van der Waals surface area contributed by atoms with Crippen LogP contribution in [0.4, 0.5) is 0 Å². The van der Waals surface area contributed by atoms with Crippen LogP contribution in [-0.4, -0.2) is 11.9 Å². The Hall–Kier alpha value is -2.14. The summed E-state index contributed by atoms with van der Waals surface area (Å²) in [6, 6.07) is 13.6. The summed E-state index contributed by atoms with van der Waals surface area (Å²) in [5, 5.41) is 0.733. The predicted molar refractivity (Wildman–Crippen MR) is 81.8 cm³/mol. The molecule has 2 aromatic rings. The summed E-state index contributed by atoms with van der Waals surface area (Å²) in [6.45, 7) is 1.28. The Morgan fingerprint density at radius 2 is 1.67 bits per heavy atom. The molecule has 2 rings (SSSR count). The highest BCUT2D eigenvalue weighted by molar-refractivity contribution is 9.08. The lowest BCUT2D eigenvalue weighted by Gasteiger charge is -2.09. The average molecular weight is 349 g/mol. The first kappa shape index (κ1) is 15.3. The highest BCUT2D eigenvalue weighted by Crippen LogP contribution is 2.21. The number of hydrogen-bond acceptors (Lipinski definition) is 4. The van der Waals surface area contributed by atoms with Crippen LogP contribution in [0.15, 0.2) is 48.5 Å². The summed E-state index contributed by atoms with van der Waals surface area (Å²) in [7, 11) is 0. The van der Waals surface area contributed by atoms with Crippen LogP contribution in [0.3, 0.4) is 0 Å². The second-order valence-corrected chi connectivity index (χ2v) is 4.82. The minimum absolute atomic E-state index is 0.187. The summed E-state index contributed by atoms with van der Waals surface area (Å²) >= 11 is 3.35. The number of benzene rings is 2. The Bertz CT molecular complexity index is 650. The first-order chi connectivity index (χ1) is 10.1. The Kier molecular flexibility index (Phi) is 5.11. The van der Waals surface area contributed by atoms with E-state index in [2.05, 4.69) is 15.9 Å². The number of hydrogen-bond donors (Lipinski definition) is 0. The fourth-order valence-electron chi connectivity index (χ4n) is 1.69. The van der Waals surface area contributed by atoms with Gasteiger partial charge in [0.2, 0.25) is 0 Å². The van der Waals surface area contributed by atoms with Crippen LogP contribution in [0.25, 0.3) is 0 Å². The van der Waals surface area contributed by atoms with E-state index in [-0.39, 0.29) is 11.3 Å². The largest absolute Gasteiger partial charge is 0.426 e. The lowest BCUT2D eigenvalue weighted by Crippen LogP contribution is -2.12. The minimum atomic E-state index is -0.571. The minimum Gasteiger partial charge on any atom is -0.426 e. The van der Waals surface area contributed by atoms with Crippen molar-refractivity contribution in [1.29, 1.82) is 0 Å². The SMILES string of the molecule is CC(=O)Oc1ccccc1C(=O)Oc1ccc(CBr)cc1. The highest BCUT2D eigenvalue weighted by atomic mass is 79.9. The van der Waals surface area contributed by atoms with Gasteiger partial charge in [-0.3, -0.25) is 4.79 Å². The van der Waals surface area contributed by atoms with Crippen LogP contribution >= 0.6 is 15.9 Å². The molecule has 0 aromatic heterocycles. The summed E-state index contributed by atoms with van der Waals surface area (Å²) in [6.07, 6.45) is 0. The Morgan fingerprint density at radius 1 is 1.00 bits per heavy atom. The van der Waals surface area contributed by atoms with E-state index >= 15 is 0 Å². The van der Waals surface area contributed by atoms with Gasteiger partial charge in [0.1, 0.15) is 17.1 Å². The molecule has 0 atom stereocenters. The summed E-state index contributed by atoms with van der Waals surface area (Å²) in [5.74, 6) is -0.440. The first-order valence-corrected chi connectivity index (χ1v) is 7.37. The van der Waals surface area contributed by atoms with Crippen LogP contribution in [-0.2, 0) is 10.1 Å². The number of carbonyl (C=O) groups is 2. The standard InChI is InChI=1S/C16H13BrO4/c1-11(18)20-15-5-3-2-4-14(15)16(19)21-13-8-6-12(10-17)7-9-13/h2-9H,10H2,1H3. The van der Waals surface area contributed by atoms with Gasteiger partial charge in [0.15, 0.2) is 0 Å². The van der Waals surface area contributed by atoms with Crippen LogP contribution in [0.5, 0.6) is 11.5 Å². The van der Waals surface area contributed by atoms with Crippen LogP contribution in [0, 0.1) is 0 Å². The Labute approximate surface area is 130 Å². The lowest BCUT2D eigenvalue weighted by atomic mass is 10.2. The number of carbonyl (C=O) groups excluding carboxylic acids is 2. The molecule has 0 spiro atoms. The molecule has 21 heavy (non-hydrogen) atoms. The van der Waals surface area contributed by atoms with E-state index < -0.39 is 11.9 Å². The van der Waals surface area contributed by atoms with Crippen molar-refractivity contribution in [3.63, 3.8) is 0 Å². The molecule has 0 radical (unpaired) electrons. The van der Waals surface area contributed by atoms with Crippen molar-refractivity contribution < 1.29 is 19.1 Å². The van der Waals surface area contributed by atoms with Gasteiger partial charge in [0.25, 0.3) is 0 Å². The molecule has 0 aliphatic heterocycles. The second-order valence-electron chi connectivity index (χ2n) is 4.26. The Balaban J connectivity index is 2.17. The predicted octanol–water partition coefficient (Wildman–Crippen LogP) is 3.73. The van der Waals surface area contributed by atoms with E-state index in [1.807, 2.05) is 12.1 Å². The lowest BCUT2D eigenvalue weighted by molar-refractivity contribution is -0.131. The normalized spacial score (nSPS) is 10.0. The van der Waals surface area contributed by atoms with E-state index in [1.54, 1.807) is 36.4 Å². The fourth-order valence-corrected chi connectivity index (χ4v) is 2.06. The van der Waals surface area contributed by atoms with E-state index in [4.69, 9.17) is 9.47 Å². The van der Waals surface area contributed by atoms with Crippen molar-refractivity contribution in [2.75, 3.05) is 0 Å². The molecule has 0 amide bonds. The number of alkyl halides is 1. The molecule has 5 heteroatoms. The molecule has 2 aromatic carbocycles. The third-order valence-corrected chi connectivity index (χ3v) is 3.30. The van der Waals surface area contributed by atoms with Crippen molar-refractivity contribution in [2.24, 2.45) is 0 Å². The maximum absolute atomic E-state index is 12.1. The molecule has 0 heterocycles. The molecular formula is C16H13BrO4. The molecule has 4 nitrogen and oxygen atoms in total. The molecule has 0 aliphatic rings. The van der Waals surface area contributed by atoms with Gasteiger partial charge in [-0.15, -0.1) is 0 Å². The number of halogens is 1. The zero-order valence-electron chi connectivity index (χ0n) is 11.3. The highest BCUT2D eigenvalue weighted by Gasteiger charge is 2.15. The third kappa shape index (κ3) is 4.16. The smallest absolute Gasteiger partial charge is 0.347 e. The van der Waals surface area contributed by atoms with Crippen LogP contribution < -0.4 is 9.47 Å². The maximum Gasteiger partial charge on any atom is 0.347 e. The number of rotatable bonds is 4. The molecule has 0 aliphatic carbocycles. The molecule has 108 valence electrons. The molecule has 0 saturated carbocycles. The van der Waals surface area contributed by atoms with E-state index in [1.165, 1.54) is 6.92 Å². The Morgan fingerprint density at radius 3 is 2.29 bits per heavy atom. The van der Waals surface area contributed by atoms with Gasteiger partial charge in [-0.2, -0.15) is 0 Å². The van der Waals surface area contributed by atoms with Crippen molar-refractivity contribution in [3.05, 3.63) is 59.7 Å². The van der Waals surface area contributed by atoms with Gasteiger partial charge in [0.05, 0.1) is 0 Å². The van der Waals surface area contributed by atoms with Gasteiger partial charge in [-0.25, -0.2) is 4.79 Å². The molecule has 0 saturated heterocycles. The molecular weight excluding hydrogens is 336 g/mol. The number of esters is 2. The average Bonchev–Trinajstić information content (AvgIpc) is 2.48. The second kappa shape index (κ2) is 7.04. The zero-order chi connectivity index (χ0) is 15.2. The summed E-state index contributed by atoms with van der Waals surface area (Å²) in [5.41, 5.74) is 1.28.